The van der Waals surface area contributed by atoms with Crippen molar-refractivity contribution < 1.29 is 4.79 Å². The van der Waals surface area contributed by atoms with Crippen LogP contribution in [0, 0.1) is 5.92 Å². The first-order chi connectivity index (χ1) is 10.1. The topological polar surface area (TPSA) is 55.1 Å². The highest BCUT2D eigenvalue weighted by atomic mass is 16.1. The van der Waals surface area contributed by atoms with E-state index in [0.29, 0.717) is 5.92 Å². The van der Waals surface area contributed by atoms with Crippen molar-refractivity contribution in [3.05, 3.63) is 71.8 Å². The Morgan fingerprint density at radius 3 is 1.81 bits per heavy atom. The van der Waals surface area contributed by atoms with Crippen LogP contribution in [-0.4, -0.2) is 5.91 Å². The van der Waals surface area contributed by atoms with Gasteiger partial charge in [-0.2, -0.15) is 0 Å². The van der Waals surface area contributed by atoms with Crippen LogP contribution < -0.4 is 11.1 Å². The van der Waals surface area contributed by atoms with E-state index in [-0.39, 0.29) is 11.9 Å². The quantitative estimate of drug-likeness (QED) is 0.855. The molecule has 1 amide bonds. The average molecular weight is 282 g/mol. The third kappa shape index (κ3) is 3.92. The molecule has 3 heteroatoms. The predicted molar refractivity (Wildman–Crippen MR) is 85.5 cm³/mol. The minimum absolute atomic E-state index is 0.0731. The molecule has 0 spiro atoms. The van der Waals surface area contributed by atoms with Crippen LogP contribution in [0.2, 0.25) is 0 Å². The number of nitrogens with two attached hydrogens (primary N) is 1. The Kier molecular flexibility index (Phi) is 5.12. The molecule has 3 nitrogen and oxygen atoms in total. The van der Waals surface area contributed by atoms with Gasteiger partial charge in [0.1, 0.15) is 6.04 Å². The average Bonchev–Trinajstić information content (AvgIpc) is 2.49. The number of carbonyl (C=O) groups excluding carboxylic acids is 1. The summed E-state index contributed by atoms with van der Waals surface area (Å²) >= 11 is 0. The van der Waals surface area contributed by atoms with Gasteiger partial charge in [0.25, 0.3) is 0 Å². The molecule has 0 radical (unpaired) electrons. The van der Waals surface area contributed by atoms with Crippen molar-refractivity contribution in [3.63, 3.8) is 0 Å². The summed E-state index contributed by atoms with van der Waals surface area (Å²) in [5.41, 5.74) is 7.65. The molecule has 110 valence electrons. The molecular formula is C18H22N2O. The summed E-state index contributed by atoms with van der Waals surface area (Å²) in [5.74, 6) is -0.0132. The van der Waals surface area contributed by atoms with Gasteiger partial charge < -0.3 is 5.73 Å². The first-order valence-electron chi connectivity index (χ1n) is 7.25. The summed E-state index contributed by atoms with van der Waals surface area (Å²) in [7, 11) is 0. The number of rotatable bonds is 6. The van der Waals surface area contributed by atoms with Crippen molar-refractivity contribution in [2.45, 2.75) is 25.9 Å². The van der Waals surface area contributed by atoms with E-state index >= 15 is 0 Å². The zero-order valence-electron chi connectivity index (χ0n) is 12.5. The van der Waals surface area contributed by atoms with Gasteiger partial charge in [-0.25, -0.2) is 0 Å². The SMILES string of the molecule is CC(C)[C@H](N[C@H](C(N)=O)c1ccccc1)c1ccccc1. The molecule has 0 saturated carbocycles. The lowest BCUT2D eigenvalue weighted by molar-refractivity contribution is -0.120. The van der Waals surface area contributed by atoms with Gasteiger partial charge in [0.2, 0.25) is 5.91 Å². The molecule has 0 saturated heterocycles. The molecule has 0 aromatic heterocycles. The fourth-order valence-electron chi connectivity index (χ4n) is 2.50. The van der Waals surface area contributed by atoms with Crippen LogP contribution in [0.15, 0.2) is 60.7 Å². The lowest BCUT2D eigenvalue weighted by atomic mass is 9.94. The van der Waals surface area contributed by atoms with E-state index in [1.54, 1.807) is 0 Å². The number of benzene rings is 2. The summed E-state index contributed by atoms with van der Waals surface area (Å²) in [6, 6.07) is 19.3. The van der Waals surface area contributed by atoms with Crippen molar-refractivity contribution in [3.8, 4) is 0 Å². The Labute approximate surface area is 126 Å². The van der Waals surface area contributed by atoms with Crippen LogP contribution in [0.5, 0.6) is 0 Å². The number of hydrogen-bond donors (Lipinski definition) is 2. The van der Waals surface area contributed by atoms with Gasteiger partial charge in [-0.1, -0.05) is 74.5 Å². The molecule has 0 fully saturated rings. The molecule has 3 N–H and O–H groups in total. The molecule has 2 aromatic carbocycles. The Morgan fingerprint density at radius 1 is 0.905 bits per heavy atom. The number of nitrogens with one attached hydrogen (secondary N) is 1. The smallest absolute Gasteiger partial charge is 0.239 e. The standard InChI is InChI=1S/C18H22N2O/c1-13(2)16(14-9-5-3-6-10-14)20-17(18(19)21)15-11-7-4-8-12-15/h3-13,16-17,20H,1-2H3,(H2,19,21)/t16-,17-/m0/s1. The van der Waals surface area contributed by atoms with E-state index in [9.17, 15) is 4.79 Å². The summed E-state index contributed by atoms with van der Waals surface area (Å²) in [6.45, 7) is 4.27. The predicted octanol–water partition coefficient (Wildman–Crippen LogP) is 3.20. The van der Waals surface area contributed by atoms with E-state index in [1.807, 2.05) is 48.5 Å². The van der Waals surface area contributed by atoms with E-state index in [2.05, 4.69) is 31.3 Å². The molecule has 2 aromatic rings. The number of hydrogen-bond acceptors (Lipinski definition) is 2. The normalized spacial score (nSPS) is 13.9. The van der Waals surface area contributed by atoms with Gasteiger partial charge in [0, 0.05) is 6.04 Å². The van der Waals surface area contributed by atoms with Crippen molar-refractivity contribution in [1.29, 1.82) is 0 Å². The van der Waals surface area contributed by atoms with Crippen LogP contribution >= 0.6 is 0 Å². The monoisotopic (exact) mass is 282 g/mol. The van der Waals surface area contributed by atoms with Crippen molar-refractivity contribution in [2.75, 3.05) is 0 Å². The summed E-state index contributed by atoms with van der Waals surface area (Å²) in [6.07, 6.45) is 0. The maximum atomic E-state index is 11.8. The van der Waals surface area contributed by atoms with Crippen LogP contribution in [0.4, 0.5) is 0 Å². The Hall–Kier alpha value is -2.13. The third-order valence-electron chi connectivity index (χ3n) is 3.59. The lowest BCUT2D eigenvalue weighted by Gasteiger charge is -2.27. The highest BCUT2D eigenvalue weighted by Crippen LogP contribution is 2.25. The second-order valence-corrected chi connectivity index (χ2v) is 5.55. The van der Waals surface area contributed by atoms with Gasteiger partial charge >= 0.3 is 0 Å². The number of amides is 1. The van der Waals surface area contributed by atoms with Crippen molar-refractivity contribution >= 4 is 5.91 Å². The van der Waals surface area contributed by atoms with E-state index in [4.69, 9.17) is 5.73 Å². The molecule has 0 unspecified atom stereocenters. The zero-order valence-corrected chi connectivity index (χ0v) is 12.5. The van der Waals surface area contributed by atoms with Gasteiger partial charge in [-0.15, -0.1) is 0 Å². The first-order valence-corrected chi connectivity index (χ1v) is 7.25. The van der Waals surface area contributed by atoms with E-state index in [1.165, 1.54) is 0 Å². The van der Waals surface area contributed by atoms with Gasteiger partial charge in [-0.05, 0) is 17.0 Å². The Morgan fingerprint density at radius 2 is 1.38 bits per heavy atom. The second-order valence-electron chi connectivity index (χ2n) is 5.55. The van der Waals surface area contributed by atoms with Gasteiger partial charge in [-0.3, -0.25) is 10.1 Å². The number of primary amides is 1. The van der Waals surface area contributed by atoms with E-state index < -0.39 is 6.04 Å². The summed E-state index contributed by atoms with van der Waals surface area (Å²) < 4.78 is 0. The summed E-state index contributed by atoms with van der Waals surface area (Å²) in [5, 5.41) is 3.41. The zero-order chi connectivity index (χ0) is 15.2. The van der Waals surface area contributed by atoms with Crippen LogP contribution in [0.3, 0.4) is 0 Å². The molecule has 0 heterocycles. The minimum Gasteiger partial charge on any atom is -0.368 e. The molecular weight excluding hydrogens is 260 g/mol. The Bertz CT molecular complexity index is 566. The molecule has 2 rings (SSSR count). The maximum absolute atomic E-state index is 11.8. The summed E-state index contributed by atoms with van der Waals surface area (Å²) in [4.78, 5) is 11.8. The van der Waals surface area contributed by atoms with Crippen molar-refractivity contribution in [1.82, 2.24) is 5.32 Å². The molecule has 0 aliphatic carbocycles. The highest BCUT2D eigenvalue weighted by molar-refractivity contribution is 5.81. The first kappa shape index (κ1) is 15.3. The van der Waals surface area contributed by atoms with Gasteiger partial charge in [0.15, 0.2) is 0 Å². The van der Waals surface area contributed by atoms with Crippen LogP contribution in [0.1, 0.15) is 37.1 Å². The fourth-order valence-corrected chi connectivity index (χ4v) is 2.50. The molecule has 21 heavy (non-hydrogen) atoms. The maximum Gasteiger partial charge on any atom is 0.239 e. The van der Waals surface area contributed by atoms with Gasteiger partial charge in [0.05, 0.1) is 0 Å². The Balaban J connectivity index is 2.27. The molecule has 0 bridgehead atoms. The highest BCUT2D eigenvalue weighted by Gasteiger charge is 2.24. The van der Waals surface area contributed by atoms with Crippen LogP contribution in [0.25, 0.3) is 0 Å². The lowest BCUT2D eigenvalue weighted by Crippen LogP contribution is -2.37. The third-order valence-corrected chi connectivity index (χ3v) is 3.59. The largest absolute Gasteiger partial charge is 0.368 e. The van der Waals surface area contributed by atoms with Crippen molar-refractivity contribution in [2.24, 2.45) is 11.7 Å². The number of carbonyl (C=O) groups is 1. The molecule has 0 aliphatic rings. The fraction of sp³-hybridized carbons (Fsp3) is 0.278. The minimum atomic E-state index is -0.487. The van der Waals surface area contributed by atoms with Crippen LogP contribution in [-0.2, 0) is 4.79 Å². The second kappa shape index (κ2) is 7.04. The molecule has 2 atom stereocenters. The molecule has 0 aliphatic heterocycles. The van der Waals surface area contributed by atoms with E-state index in [0.717, 1.165) is 11.1 Å².